The summed E-state index contributed by atoms with van der Waals surface area (Å²) in [7, 11) is 0. The molecule has 40 heavy (non-hydrogen) atoms. The summed E-state index contributed by atoms with van der Waals surface area (Å²) in [6, 6.07) is 10.5. The van der Waals surface area contributed by atoms with Gasteiger partial charge in [0.15, 0.2) is 17.6 Å². The van der Waals surface area contributed by atoms with Crippen molar-refractivity contribution in [2.45, 2.75) is 82.0 Å². The van der Waals surface area contributed by atoms with E-state index >= 15 is 0 Å². The number of aliphatic imine (C=N–C) groups is 1. The molecule has 1 aromatic heterocycles. The van der Waals surface area contributed by atoms with Gasteiger partial charge in [-0.05, 0) is 85.4 Å². The van der Waals surface area contributed by atoms with Crippen LogP contribution in [0.4, 0.5) is 0 Å². The summed E-state index contributed by atoms with van der Waals surface area (Å²) in [5.74, 6) is 2.75. The Kier molecular flexibility index (Phi) is 5.25. The van der Waals surface area contributed by atoms with Crippen LogP contribution in [0.3, 0.4) is 0 Å². The van der Waals surface area contributed by atoms with Gasteiger partial charge in [-0.15, -0.1) is 0 Å². The number of likely N-dealkylation sites (tertiary alicyclic amines) is 1. The van der Waals surface area contributed by atoms with Gasteiger partial charge >= 0.3 is 0 Å². The zero-order valence-electron chi connectivity index (χ0n) is 23.5. The molecular formula is C33H40N4O3. The fraction of sp³-hybridized carbons (Fsp3) is 0.545. The van der Waals surface area contributed by atoms with E-state index in [-0.39, 0.29) is 17.9 Å². The summed E-state index contributed by atoms with van der Waals surface area (Å²) in [5, 5.41) is 25.1. The minimum Gasteiger partial charge on any atom is -0.504 e. The Labute approximate surface area is 235 Å². The second-order valence-corrected chi connectivity index (χ2v) is 13.5. The predicted molar refractivity (Wildman–Crippen MR) is 156 cm³/mol. The molecule has 3 aromatic rings. The summed E-state index contributed by atoms with van der Waals surface area (Å²) < 4.78 is 6.72. The molecule has 0 amide bonds. The highest BCUT2D eigenvalue weighted by Crippen LogP contribution is 2.69. The fourth-order valence-corrected chi connectivity index (χ4v) is 8.64. The van der Waals surface area contributed by atoms with Crippen LogP contribution in [0.5, 0.6) is 11.5 Å². The van der Waals surface area contributed by atoms with Gasteiger partial charge in [0.25, 0.3) is 0 Å². The number of fused-ring (bicyclic) bond motifs is 4. The van der Waals surface area contributed by atoms with E-state index in [9.17, 15) is 10.2 Å². The minimum atomic E-state index is -0.968. The van der Waals surface area contributed by atoms with Gasteiger partial charge in [0.1, 0.15) is 0 Å². The number of ether oxygens (including phenoxy) is 1. The lowest BCUT2D eigenvalue weighted by atomic mass is 9.49. The highest BCUT2D eigenvalue weighted by molar-refractivity contribution is 5.87. The molecule has 8 rings (SSSR count). The quantitative estimate of drug-likeness (QED) is 0.260. The number of aromatic hydroxyl groups is 1. The van der Waals surface area contributed by atoms with Crippen LogP contribution in [-0.4, -0.2) is 57.2 Å². The Bertz CT molecular complexity index is 1550. The smallest absolute Gasteiger partial charge is 0.166 e. The van der Waals surface area contributed by atoms with E-state index < -0.39 is 11.0 Å². The number of aromatic amines is 1. The van der Waals surface area contributed by atoms with Crippen LogP contribution in [0.2, 0.25) is 0 Å². The monoisotopic (exact) mass is 540 g/mol. The maximum Gasteiger partial charge on any atom is 0.166 e. The number of rotatable bonds is 7. The molecule has 210 valence electrons. The third kappa shape index (κ3) is 3.34. The average molecular weight is 541 g/mol. The van der Waals surface area contributed by atoms with Gasteiger partial charge in [0.05, 0.1) is 22.5 Å². The number of amidine groups is 1. The van der Waals surface area contributed by atoms with Gasteiger partial charge in [-0.25, -0.2) is 0 Å². The van der Waals surface area contributed by atoms with Crippen molar-refractivity contribution in [3.8, 4) is 11.5 Å². The first kappa shape index (κ1) is 24.7. The summed E-state index contributed by atoms with van der Waals surface area (Å²) in [4.78, 5) is 10.9. The van der Waals surface area contributed by atoms with Crippen molar-refractivity contribution in [2.24, 2.45) is 22.6 Å². The van der Waals surface area contributed by atoms with E-state index in [0.717, 1.165) is 78.3 Å². The number of nitrogens with two attached hydrogens (primary N) is 1. The molecule has 0 unspecified atom stereocenters. The molecule has 0 radical (unpaired) electrons. The van der Waals surface area contributed by atoms with Gasteiger partial charge < -0.3 is 25.7 Å². The van der Waals surface area contributed by atoms with Crippen LogP contribution in [-0.2, 0) is 24.7 Å². The number of H-pyrrole nitrogens is 1. The molecule has 7 heteroatoms. The van der Waals surface area contributed by atoms with Crippen molar-refractivity contribution >= 4 is 16.7 Å². The van der Waals surface area contributed by atoms with Gasteiger partial charge in [-0.2, -0.15) is 0 Å². The van der Waals surface area contributed by atoms with E-state index in [4.69, 9.17) is 10.5 Å². The Hall–Kier alpha value is -3.03. The third-order valence-electron chi connectivity index (χ3n) is 10.6. The number of piperidine rings is 1. The number of phenolic OH excluding ortho intramolecular Hbond substituents is 1. The fourth-order valence-electron chi connectivity index (χ4n) is 8.64. The van der Waals surface area contributed by atoms with Gasteiger partial charge in [0, 0.05) is 48.4 Å². The lowest BCUT2D eigenvalue weighted by Gasteiger charge is -2.62. The molecule has 2 aromatic carbocycles. The summed E-state index contributed by atoms with van der Waals surface area (Å²) >= 11 is 0. The maximum atomic E-state index is 13.0. The van der Waals surface area contributed by atoms with Gasteiger partial charge in [0.2, 0.25) is 0 Å². The molecule has 3 aliphatic carbocycles. The summed E-state index contributed by atoms with van der Waals surface area (Å²) in [6.45, 7) is 7.01. The van der Waals surface area contributed by atoms with Crippen molar-refractivity contribution in [3.05, 3.63) is 58.3 Å². The zero-order chi connectivity index (χ0) is 27.4. The first-order chi connectivity index (χ1) is 19.3. The van der Waals surface area contributed by atoms with E-state index in [1.54, 1.807) is 6.07 Å². The molecule has 1 saturated heterocycles. The lowest BCUT2D eigenvalue weighted by molar-refractivity contribution is -0.173. The van der Waals surface area contributed by atoms with Crippen LogP contribution < -0.4 is 10.5 Å². The number of nitrogens with zero attached hydrogens (tertiary/aromatic N) is 2. The topological polar surface area (TPSA) is 107 Å². The molecule has 2 aliphatic heterocycles. The summed E-state index contributed by atoms with van der Waals surface area (Å²) in [5.41, 5.74) is 11.4. The van der Waals surface area contributed by atoms with Gasteiger partial charge in [-0.3, -0.25) is 9.89 Å². The van der Waals surface area contributed by atoms with Crippen LogP contribution in [0.25, 0.3) is 10.9 Å². The van der Waals surface area contributed by atoms with Crippen LogP contribution in [0.15, 0.2) is 35.3 Å². The third-order valence-corrected chi connectivity index (χ3v) is 10.6. The minimum absolute atomic E-state index is 0.0375. The Morgan fingerprint density at radius 1 is 1.25 bits per heavy atom. The Balaban J connectivity index is 1.22. The summed E-state index contributed by atoms with van der Waals surface area (Å²) in [6.07, 6.45) is 6.12. The van der Waals surface area contributed by atoms with Crippen LogP contribution >= 0.6 is 0 Å². The molecule has 5 N–H and O–H groups in total. The van der Waals surface area contributed by atoms with Crippen LogP contribution in [0.1, 0.15) is 73.6 Å². The standard InChI is InChI=1S/C33H40N4O3/c1-18(2)13-27(34)35-11-9-19-5-7-24-22(14-19)23-16-33(39)26-15-21-6-8-25(38)30-28(21)32(33,31(40-30)29(23)36-24)10-12-37(26)17-20-3-4-20/h5-8,14,18,20,26,31,36,38-39H,3-4,9-13,15-17H2,1-2H3,(H2,34,35)/t26-,31+,32+,33-/m1/s1. The number of benzene rings is 2. The number of hydrogen-bond donors (Lipinski definition) is 4. The number of phenols is 1. The second-order valence-electron chi connectivity index (χ2n) is 13.5. The van der Waals surface area contributed by atoms with Crippen molar-refractivity contribution in [2.75, 3.05) is 19.6 Å². The van der Waals surface area contributed by atoms with E-state index in [0.29, 0.717) is 24.6 Å². The average Bonchev–Trinajstić information content (AvgIpc) is 3.55. The first-order valence-corrected chi connectivity index (χ1v) is 15.2. The molecule has 1 spiro atoms. The Morgan fingerprint density at radius 3 is 2.90 bits per heavy atom. The molecule has 2 fully saturated rings. The molecule has 2 bridgehead atoms. The molecule has 4 atom stereocenters. The van der Waals surface area contributed by atoms with Gasteiger partial charge in [-0.1, -0.05) is 26.0 Å². The molecule has 5 aliphatic rings. The highest BCUT2D eigenvalue weighted by atomic mass is 16.5. The zero-order valence-corrected chi connectivity index (χ0v) is 23.5. The SMILES string of the molecule is CC(C)CC(N)=NCCc1ccc2[nH]c3c(c2c1)C[C@@]1(O)[C@H]2Cc4ccc(O)c5c4[C@@]1(CCN2CC1CC1)[C@H]3O5. The van der Waals surface area contributed by atoms with Crippen molar-refractivity contribution in [3.63, 3.8) is 0 Å². The van der Waals surface area contributed by atoms with Crippen LogP contribution in [0, 0.1) is 11.8 Å². The molecule has 7 nitrogen and oxygen atoms in total. The number of nitrogens with one attached hydrogen (secondary N) is 1. The largest absolute Gasteiger partial charge is 0.504 e. The van der Waals surface area contributed by atoms with E-state index in [1.807, 2.05) is 0 Å². The molecule has 3 heterocycles. The molecular weight excluding hydrogens is 500 g/mol. The van der Waals surface area contributed by atoms with Crippen molar-refractivity contribution < 1.29 is 14.9 Å². The number of aliphatic hydroxyl groups is 1. The maximum absolute atomic E-state index is 13.0. The Morgan fingerprint density at radius 2 is 2.10 bits per heavy atom. The highest BCUT2D eigenvalue weighted by Gasteiger charge is 2.72. The van der Waals surface area contributed by atoms with Crippen molar-refractivity contribution in [1.29, 1.82) is 0 Å². The lowest BCUT2D eigenvalue weighted by Crippen LogP contribution is -2.74. The normalized spacial score (nSPS) is 30.4. The number of hydrogen-bond acceptors (Lipinski definition) is 5. The first-order valence-electron chi connectivity index (χ1n) is 15.2. The number of aromatic nitrogens is 1. The molecule has 1 saturated carbocycles. The second kappa shape index (κ2) is 8.49. The van der Waals surface area contributed by atoms with E-state index in [1.165, 1.54) is 24.0 Å². The predicted octanol–water partition coefficient (Wildman–Crippen LogP) is 4.52. The van der Waals surface area contributed by atoms with E-state index in [2.05, 4.69) is 53.0 Å². The van der Waals surface area contributed by atoms with Crippen molar-refractivity contribution in [1.82, 2.24) is 9.88 Å².